The van der Waals surface area contributed by atoms with Gasteiger partial charge >= 0.3 is 5.69 Å². The topological polar surface area (TPSA) is 87.0 Å². The van der Waals surface area contributed by atoms with Crippen LogP contribution < -0.4 is 5.73 Å². The molecule has 0 fully saturated rings. The zero-order valence-corrected chi connectivity index (χ0v) is 10.7. The summed E-state index contributed by atoms with van der Waals surface area (Å²) in [4.78, 5) is 10.2. The Morgan fingerprint density at radius 1 is 1.42 bits per heavy atom. The van der Waals surface area contributed by atoms with Crippen LogP contribution in [0.3, 0.4) is 0 Å². The summed E-state index contributed by atoms with van der Waals surface area (Å²) in [6.07, 6.45) is 2.02. The van der Waals surface area contributed by atoms with Gasteiger partial charge in [-0.3, -0.25) is 10.1 Å². The first-order valence-corrected chi connectivity index (χ1v) is 6.10. The van der Waals surface area contributed by atoms with Crippen molar-refractivity contribution in [1.29, 1.82) is 0 Å². The van der Waals surface area contributed by atoms with Crippen LogP contribution in [0.15, 0.2) is 36.5 Å². The summed E-state index contributed by atoms with van der Waals surface area (Å²) in [5, 5.41) is 14.6. The van der Waals surface area contributed by atoms with Gasteiger partial charge in [0.05, 0.1) is 4.92 Å². The summed E-state index contributed by atoms with van der Waals surface area (Å²) in [6, 6.07) is 10.1. The highest BCUT2D eigenvalue weighted by Crippen LogP contribution is 2.23. The fraction of sp³-hybridized carbons (Fsp3) is 0.308. The van der Waals surface area contributed by atoms with Crippen molar-refractivity contribution in [2.75, 3.05) is 5.73 Å². The molecule has 0 saturated heterocycles. The molecule has 0 saturated carbocycles. The van der Waals surface area contributed by atoms with Crippen molar-refractivity contribution in [2.24, 2.45) is 0 Å². The fourth-order valence-corrected chi connectivity index (χ4v) is 1.97. The van der Waals surface area contributed by atoms with Gasteiger partial charge in [0.15, 0.2) is 0 Å². The lowest BCUT2D eigenvalue weighted by atomic mass is 9.98. The van der Waals surface area contributed by atoms with Crippen molar-refractivity contribution in [3.63, 3.8) is 0 Å². The first-order valence-electron chi connectivity index (χ1n) is 6.10. The Balaban J connectivity index is 2.01. The molecule has 0 bridgehead atoms. The first kappa shape index (κ1) is 13.1. The van der Waals surface area contributed by atoms with Crippen LogP contribution >= 0.6 is 0 Å². The van der Waals surface area contributed by atoms with E-state index in [4.69, 9.17) is 5.73 Å². The van der Waals surface area contributed by atoms with E-state index in [1.807, 2.05) is 18.2 Å². The second-order valence-electron chi connectivity index (χ2n) is 4.50. The molecule has 0 amide bonds. The standard InChI is InChI=1S/C13H16N4O2/c1-10(11-5-3-2-4-6-11)7-8-16-13(14)12(9-15-16)17(18)19/h2-6,9-10H,7-8,14H2,1H3. The summed E-state index contributed by atoms with van der Waals surface area (Å²) in [6.45, 7) is 2.68. The highest BCUT2D eigenvalue weighted by molar-refractivity contribution is 5.51. The predicted molar refractivity (Wildman–Crippen MR) is 72.8 cm³/mol. The predicted octanol–water partition coefficient (Wildman–Crippen LogP) is 2.57. The number of aromatic nitrogens is 2. The van der Waals surface area contributed by atoms with Gasteiger partial charge in [-0.25, -0.2) is 4.68 Å². The average Bonchev–Trinajstić information content (AvgIpc) is 2.78. The summed E-state index contributed by atoms with van der Waals surface area (Å²) >= 11 is 0. The Labute approximate surface area is 111 Å². The maximum Gasteiger partial charge on any atom is 0.330 e. The quantitative estimate of drug-likeness (QED) is 0.661. The van der Waals surface area contributed by atoms with E-state index in [-0.39, 0.29) is 11.5 Å². The molecule has 1 unspecified atom stereocenters. The van der Waals surface area contributed by atoms with Gasteiger partial charge in [0.1, 0.15) is 6.20 Å². The summed E-state index contributed by atoms with van der Waals surface area (Å²) in [5.74, 6) is 0.467. The number of aryl methyl sites for hydroxylation is 1. The molecule has 1 aromatic carbocycles. The van der Waals surface area contributed by atoms with Crippen LogP contribution in [0.1, 0.15) is 24.8 Å². The van der Waals surface area contributed by atoms with E-state index in [9.17, 15) is 10.1 Å². The third kappa shape index (κ3) is 2.90. The molecule has 6 nitrogen and oxygen atoms in total. The molecule has 0 radical (unpaired) electrons. The van der Waals surface area contributed by atoms with Crippen LogP contribution in [0.2, 0.25) is 0 Å². The van der Waals surface area contributed by atoms with E-state index >= 15 is 0 Å². The Morgan fingerprint density at radius 3 is 2.68 bits per heavy atom. The molecule has 1 heterocycles. The van der Waals surface area contributed by atoms with E-state index in [0.29, 0.717) is 12.5 Å². The Kier molecular flexibility index (Phi) is 3.79. The largest absolute Gasteiger partial charge is 0.378 e. The molecule has 0 aliphatic heterocycles. The van der Waals surface area contributed by atoms with Gasteiger partial charge in [-0.15, -0.1) is 0 Å². The monoisotopic (exact) mass is 260 g/mol. The zero-order chi connectivity index (χ0) is 13.8. The lowest BCUT2D eigenvalue weighted by molar-refractivity contribution is -0.384. The number of hydrogen-bond donors (Lipinski definition) is 1. The number of rotatable bonds is 5. The summed E-state index contributed by atoms with van der Waals surface area (Å²) in [5.41, 5.74) is 6.79. The van der Waals surface area contributed by atoms with E-state index in [2.05, 4.69) is 24.2 Å². The highest BCUT2D eigenvalue weighted by atomic mass is 16.6. The molecule has 0 aliphatic rings. The Morgan fingerprint density at radius 2 is 2.11 bits per heavy atom. The molecule has 2 aromatic rings. The number of nitro groups is 1. The molecule has 19 heavy (non-hydrogen) atoms. The number of nitrogens with zero attached hydrogens (tertiary/aromatic N) is 3. The second-order valence-corrected chi connectivity index (χ2v) is 4.50. The van der Waals surface area contributed by atoms with Crippen molar-refractivity contribution in [3.05, 3.63) is 52.2 Å². The molecule has 1 atom stereocenters. The van der Waals surface area contributed by atoms with E-state index in [0.717, 1.165) is 6.42 Å². The van der Waals surface area contributed by atoms with Crippen LogP contribution in [-0.2, 0) is 6.54 Å². The lowest BCUT2D eigenvalue weighted by Gasteiger charge is -2.12. The maximum atomic E-state index is 10.7. The van der Waals surface area contributed by atoms with Crippen molar-refractivity contribution in [3.8, 4) is 0 Å². The molecule has 100 valence electrons. The normalized spacial score (nSPS) is 12.3. The fourth-order valence-electron chi connectivity index (χ4n) is 1.97. The van der Waals surface area contributed by atoms with Gasteiger partial charge in [0.25, 0.3) is 0 Å². The molecule has 2 N–H and O–H groups in total. The molecular weight excluding hydrogens is 244 g/mol. The third-order valence-corrected chi connectivity index (χ3v) is 3.20. The molecule has 1 aromatic heterocycles. The van der Waals surface area contributed by atoms with E-state index < -0.39 is 4.92 Å². The summed E-state index contributed by atoms with van der Waals surface area (Å²) in [7, 11) is 0. The number of hydrogen-bond acceptors (Lipinski definition) is 4. The lowest BCUT2D eigenvalue weighted by Crippen LogP contribution is -2.08. The van der Waals surface area contributed by atoms with Crippen molar-refractivity contribution < 1.29 is 4.92 Å². The van der Waals surface area contributed by atoms with Gasteiger partial charge in [0, 0.05) is 6.54 Å². The minimum atomic E-state index is -0.514. The number of nitrogens with two attached hydrogens (primary N) is 1. The zero-order valence-electron chi connectivity index (χ0n) is 10.7. The minimum absolute atomic E-state index is 0.116. The van der Waals surface area contributed by atoms with Gasteiger partial charge in [0.2, 0.25) is 5.82 Å². The van der Waals surface area contributed by atoms with Crippen LogP contribution in [0.25, 0.3) is 0 Å². The third-order valence-electron chi connectivity index (χ3n) is 3.20. The van der Waals surface area contributed by atoms with Crippen molar-refractivity contribution >= 4 is 11.5 Å². The maximum absolute atomic E-state index is 10.7. The first-order chi connectivity index (χ1) is 9.09. The molecule has 0 aliphatic carbocycles. The van der Waals surface area contributed by atoms with E-state index in [1.165, 1.54) is 16.4 Å². The molecule has 2 rings (SSSR count). The van der Waals surface area contributed by atoms with Gasteiger partial charge in [-0.1, -0.05) is 37.3 Å². The average molecular weight is 260 g/mol. The van der Waals surface area contributed by atoms with Crippen molar-refractivity contribution in [2.45, 2.75) is 25.8 Å². The van der Waals surface area contributed by atoms with Crippen LogP contribution in [0, 0.1) is 10.1 Å². The van der Waals surface area contributed by atoms with E-state index in [1.54, 1.807) is 0 Å². The number of anilines is 1. The number of benzene rings is 1. The van der Waals surface area contributed by atoms with Gasteiger partial charge < -0.3 is 5.73 Å². The number of nitrogen functional groups attached to an aromatic ring is 1. The van der Waals surface area contributed by atoms with Crippen molar-refractivity contribution in [1.82, 2.24) is 9.78 Å². The Hall–Kier alpha value is -2.37. The summed E-state index contributed by atoms with van der Waals surface area (Å²) < 4.78 is 1.48. The van der Waals surface area contributed by atoms with Crippen LogP contribution in [0.4, 0.5) is 11.5 Å². The SMILES string of the molecule is CC(CCn1ncc([N+](=O)[O-])c1N)c1ccccc1. The van der Waals surface area contributed by atoms with Gasteiger partial charge in [-0.2, -0.15) is 5.10 Å². The van der Waals surface area contributed by atoms with Crippen LogP contribution in [0.5, 0.6) is 0 Å². The highest BCUT2D eigenvalue weighted by Gasteiger charge is 2.17. The molecular formula is C13H16N4O2. The smallest absolute Gasteiger partial charge is 0.330 e. The second kappa shape index (κ2) is 5.51. The molecule has 6 heteroatoms. The Bertz CT molecular complexity index is 565. The van der Waals surface area contributed by atoms with Crippen LogP contribution in [-0.4, -0.2) is 14.7 Å². The molecule has 0 spiro atoms. The minimum Gasteiger partial charge on any atom is -0.378 e. The van der Waals surface area contributed by atoms with Gasteiger partial charge in [-0.05, 0) is 17.9 Å².